The number of aromatic nitrogens is 1. The Morgan fingerprint density at radius 2 is 2.41 bits per heavy atom. The first kappa shape index (κ1) is 11.4. The summed E-state index contributed by atoms with van der Waals surface area (Å²) in [6.07, 6.45) is 1.37. The number of hydrogen-bond donors (Lipinski definition) is 1. The first-order valence-electron chi connectivity index (χ1n) is 5.56. The Hall–Kier alpha value is -2.09. The van der Waals surface area contributed by atoms with Gasteiger partial charge in [0, 0.05) is 26.1 Å². The van der Waals surface area contributed by atoms with Crippen molar-refractivity contribution < 1.29 is 4.79 Å². The third kappa shape index (κ3) is 2.72. The number of likely N-dealkylation sites (N-methyl/N-ethyl adjacent to an activating group) is 1. The van der Waals surface area contributed by atoms with Gasteiger partial charge in [0.05, 0.1) is 0 Å². The van der Waals surface area contributed by atoms with E-state index < -0.39 is 0 Å². The Kier molecular flexibility index (Phi) is 3.24. The number of rotatable bonds is 2. The topological polar surface area (TPSA) is 69.0 Å². The second-order valence-electron chi connectivity index (χ2n) is 4.17. The molecule has 0 aliphatic carbocycles. The first-order chi connectivity index (χ1) is 8.19. The van der Waals surface area contributed by atoms with Gasteiger partial charge in [-0.05, 0) is 18.6 Å². The maximum absolute atomic E-state index is 11.3. The number of carbonyl (C=O) groups is 1. The molecule has 1 amide bonds. The van der Waals surface area contributed by atoms with Crippen molar-refractivity contribution in [3.05, 3.63) is 23.9 Å². The van der Waals surface area contributed by atoms with Gasteiger partial charge in [0.15, 0.2) is 0 Å². The van der Waals surface area contributed by atoms with Gasteiger partial charge in [-0.1, -0.05) is 6.07 Å². The van der Waals surface area contributed by atoms with E-state index in [1.165, 1.54) is 0 Å². The van der Waals surface area contributed by atoms with Crippen molar-refractivity contribution >= 4 is 11.7 Å². The molecule has 5 heteroatoms. The highest BCUT2D eigenvalue weighted by Crippen LogP contribution is 2.14. The highest BCUT2D eigenvalue weighted by atomic mass is 16.2. The predicted molar refractivity (Wildman–Crippen MR) is 63.2 cm³/mol. The molecule has 2 heterocycles. The van der Waals surface area contributed by atoms with Crippen molar-refractivity contribution in [3.8, 4) is 6.07 Å². The first-order valence-corrected chi connectivity index (χ1v) is 5.56. The lowest BCUT2D eigenvalue weighted by atomic mass is 10.1. The van der Waals surface area contributed by atoms with E-state index in [0.717, 1.165) is 6.42 Å². The van der Waals surface area contributed by atoms with E-state index in [1.54, 1.807) is 24.1 Å². The van der Waals surface area contributed by atoms with Crippen molar-refractivity contribution in [1.29, 1.82) is 5.26 Å². The van der Waals surface area contributed by atoms with Crippen LogP contribution in [0.5, 0.6) is 0 Å². The molecule has 1 N–H and O–H groups in total. The number of nitriles is 1. The molecule has 1 aromatic rings. The van der Waals surface area contributed by atoms with Crippen LogP contribution in [0.3, 0.4) is 0 Å². The molecule has 17 heavy (non-hydrogen) atoms. The van der Waals surface area contributed by atoms with Gasteiger partial charge in [0.25, 0.3) is 0 Å². The van der Waals surface area contributed by atoms with Crippen LogP contribution in [-0.4, -0.2) is 35.4 Å². The van der Waals surface area contributed by atoms with Gasteiger partial charge < -0.3 is 10.2 Å². The Labute approximate surface area is 100 Å². The van der Waals surface area contributed by atoms with Gasteiger partial charge in [0.2, 0.25) is 5.91 Å². The standard InChI is InChI=1S/C12H14N4O/c1-16-8-10(5-6-12(16)17)15-11-4-2-3-9(7-13)14-11/h2-4,10H,5-6,8H2,1H3,(H,14,15). The molecule has 1 aromatic heterocycles. The number of anilines is 1. The minimum absolute atomic E-state index is 0.182. The van der Waals surface area contributed by atoms with E-state index in [1.807, 2.05) is 12.1 Å². The molecule has 1 fully saturated rings. The zero-order valence-corrected chi connectivity index (χ0v) is 9.68. The van der Waals surface area contributed by atoms with Gasteiger partial charge in [-0.15, -0.1) is 0 Å². The summed E-state index contributed by atoms with van der Waals surface area (Å²) in [6.45, 7) is 0.678. The predicted octanol–water partition coefficient (Wildman–Crippen LogP) is 0.986. The molecule has 0 spiro atoms. The summed E-state index contributed by atoms with van der Waals surface area (Å²) in [4.78, 5) is 17.2. The normalized spacial score (nSPS) is 19.9. The quantitative estimate of drug-likeness (QED) is 0.822. The number of amides is 1. The molecule has 0 saturated carbocycles. The fourth-order valence-corrected chi connectivity index (χ4v) is 1.92. The molecule has 1 atom stereocenters. The molecular weight excluding hydrogens is 216 g/mol. The third-order valence-corrected chi connectivity index (χ3v) is 2.84. The molecule has 0 radical (unpaired) electrons. The average Bonchev–Trinajstić information content (AvgIpc) is 2.34. The second-order valence-corrected chi connectivity index (χ2v) is 4.17. The highest BCUT2D eigenvalue weighted by molar-refractivity contribution is 5.77. The van der Waals surface area contributed by atoms with Crippen LogP contribution < -0.4 is 5.32 Å². The Morgan fingerprint density at radius 1 is 1.59 bits per heavy atom. The van der Waals surface area contributed by atoms with E-state index in [9.17, 15) is 4.79 Å². The summed E-state index contributed by atoms with van der Waals surface area (Å²) in [5.74, 6) is 0.874. The van der Waals surface area contributed by atoms with Crippen LogP contribution in [0, 0.1) is 11.3 Å². The number of nitrogens with one attached hydrogen (secondary N) is 1. The lowest BCUT2D eigenvalue weighted by Gasteiger charge is -2.30. The molecule has 1 aliphatic heterocycles. The maximum atomic E-state index is 11.3. The molecule has 2 rings (SSSR count). The minimum Gasteiger partial charge on any atom is -0.366 e. The van der Waals surface area contributed by atoms with Crippen molar-refractivity contribution in [2.75, 3.05) is 18.9 Å². The lowest BCUT2D eigenvalue weighted by Crippen LogP contribution is -2.43. The monoisotopic (exact) mass is 230 g/mol. The van der Waals surface area contributed by atoms with Gasteiger partial charge in [-0.25, -0.2) is 4.98 Å². The van der Waals surface area contributed by atoms with Crippen molar-refractivity contribution in [2.45, 2.75) is 18.9 Å². The molecule has 0 aromatic carbocycles. The average molecular weight is 230 g/mol. The van der Waals surface area contributed by atoms with Crippen molar-refractivity contribution in [2.24, 2.45) is 0 Å². The van der Waals surface area contributed by atoms with Crippen LogP contribution >= 0.6 is 0 Å². The number of carbonyl (C=O) groups excluding carboxylic acids is 1. The van der Waals surface area contributed by atoms with Crippen LogP contribution in [0.4, 0.5) is 5.82 Å². The largest absolute Gasteiger partial charge is 0.366 e. The van der Waals surface area contributed by atoms with E-state index in [4.69, 9.17) is 5.26 Å². The summed E-state index contributed by atoms with van der Waals surface area (Å²) in [6, 6.07) is 7.51. The summed E-state index contributed by atoms with van der Waals surface area (Å²) in [5, 5.41) is 12.0. The fraction of sp³-hybridized carbons (Fsp3) is 0.417. The van der Waals surface area contributed by atoms with Crippen LogP contribution in [0.15, 0.2) is 18.2 Å². The highest BCUT2D eigenvalue weighted by Gasteiger charge is 2.22. The molecule has 5 nitrogen and oxygen atoms in total. The molecule has 0 bridgehead atoms. The van der Waals surface area contributed by atoms with Gasteiger partial charge >= 0.3 is 0 Å². The zero-order valence-electron chi connectivity index (χ0n) is 9.68. The summed E-state index contributed by atoms with van der Waals surface area (Å²) >= 11 is 0. The van der Waals surface area contributed by atoms with E-state index in [-0.39, 0.29) is 11.9 Å². The van der Waals surface area contributed by atoms with Crippen LogP contribution in [0.2, 0.25) is 0 Å². The molecule has 1 unspecified atom stereocenters. The van der Waals surface area contributed by atoms with E-state index in [2.05, 4.69) is 10.3 Å². The van der Waals surface area contributed by atoms with Gasteiger partial charge in [-0.3, -0.25) is 4.79 Å². The SMILES string of the molecule is CN1CC(Nc2cccc(C#N)n2)CCC1=O. The van der Waals surface area contributed by atoms with Gasteiger partial charge in [-0.2, -0.15) is 5.26 Å². The second kappa shape index (κ2) is 4.83. The third-order valence-electron chi connectivity index (χ3n) is 2.84. The number of pyridine rings is 1. The van der Waals surface area contributed by atoms with Crippen LogP contribution in [0.1, 0.15) is 18.5 Å². The van der Waals surface area contributed by atoms with Crippen molar-refractivity contribution in [3.63, 3.8) is 0 Å². The zero-order chi connectivity index (χ0) is 12.3. The maximum Gasteiger partial charge on any atom is 0.222 e. The lowest BCUT2D eigenvalue weighted by molar-refractivity contribution is -0.132. The Balaban J connectivity index is 2.01. The number of likely N-dealkylation sites (tertiary alicyclic amines) is 1. The van der Waals surface area contributed by atoms with Crippen LogP contribution in [-0.2, 0) is 4.79 Å². The number of nitrogens with zero attached hydrogens (tertiary/aromatic N) is 3. The molecule has 1 saturated heterocycles. The molecule has 88 valence electrons. The van der Waals surface area contributed by atoms with Crippen LogP contribution in [0.25, 0.3) is 0 Å². The summed E-state index contributed by atoms with van der Waals surface area (Å²) < 4.78 is 0. The molecular formula is C12H14N4O. The smallest absolute Gasteiger partial charge is 0.222 e. The van der Waals surface area contributed by atoms with E-state index in [0.29, 0.717) is 24.5 Å². The Morgan fingerprint density at radius 3 is 3.12 bits per heavy atom. The molecule has 1 aliphatic rings. The van der Waals surface area contributed by atoms with Gasteiger partial charge in [0.1, 0.15) is 17.6 Å². The Bertz CT molecular complexity index is 466. The van der Waals surface area contributed by atoms with Crippen molar-refractivity contribution in [1.82, 2.24) is 9.88 Å². The summed E-state index contributed by atoms with van der Waals surface area (Å²) in [5.41, 5.74) is 0.398. The fourth-order valence-electron chi connectivity index (χ4n) is 1.92. The number of piperidine rings is 1. The minimum atomic E-state index is 0.182. The summed E-state index contributed by atoms with van der Waals surface area (Å²) in [7, 11) is 1.80. The van der Waals surface area contributed by atoms with E-state index >= 15 is 0 Å². The number of hydrogen-bond acceptors (Lipinski definition) is 4.